The van der Waals surface area contributed by atoms with Gasteiger partial charge < -0.3 is 9.84 Å². The molecule has 0 aliphatic carbocycles. The van der Waals surface area contributed by atoms with Crippen LogP contribution in [0.25, 0.3) is 0 Å². The highest BCUT2D eigenvalue weighted by atomic mass is 127. The molecule has 0 spiro atoms. The summed E-state index contributed by atoms with van der Waals surface area (Å²) >= 11 is 5.75. The molecule has 20 heavy (non-hydrogen) atoms. The minimum atomic E-state index is -0.560. The van der Waals surface area contributed by atoms with E-state index in [4.69, 9.17) is 4.74 Å². The predicted octanol–water partition coefficient (Wildman–Crippen LogP) is 4.65. The van der Waals surface area contributed by atoms with Crippen molar-refractivity contribution >= 4 is 38.5 Å². The molecule has 0 bridgehead atoms. The molecule has 0 heterocycles. The minimum absolute atomic E-state index is 0.531. The summed E-state index contributed by atoms with van der Waals surface area (Å²) in [6.45, 7) is 2.04. The molecule has 0 saturated carbocycles. The standard InChI is InChI=1S/C16H16BrIO2/c1-10-3-6-16(20-2)11(7-10)8-15(19)13-9-12(18)4-5-14(13)17/h3-7,9,15,19H,8H2,1-2H3. The first-order valence-electron chi connectivity index (χ1n) is 6.28. The van der Waals surface area contributed by atoms with Crippen molar-refractivity contribution in [1.29, 1.82) is 0 Å². The molecule has 0 saturated heterocycles. The lowest BCUT2D eigenvalue weighted by Crippen LogP contribution is -2.05. The van der Waals surface area contributed by atoms with Crippen molar-refractivity contribution in [3.8, 4) is 5.75 Å². The third-order valence-electron chi connectivity index (χ3n) is 3.17. The second-order valence-electron chi connectivity index (χ2n) is 4.70. The second-order valence-corrected chi connectivity index (χ2v) is 6.80. The summed E-state index contributed by atoms with van der Waals surface area (Å²) in [5.74, 6) is 0.816. The van der Waals surface area contributed by atoms with Gasteiger partial charge >= 0.3 is 0 Å². The Labute approximate surface area is 141 Å². The number of hydrogen-bond acceptors (Lipinski definition) is 2. The van der Waals surface area contributed by atoms with Crippen molar-refractivity contribution in [3.63, 3.8) is 0 Å². The molecule has 2 aromatic rings. The van der Waals surface area contributed by atoms with Crippen LogP contribution in [-0.2, 0) is 6.42 Å². The lowest BCUT2D eigenvalue weighted by Gasteiger charge is -2.16. The number of aliphatic hydroxyl groups is 1. The third kappa shape index (κ3) is 3.74. The van der Waals surface area contributed by atoms with E-state index in [0.717, 1.165) is 30.5 Å². The summed E-state index contributed by atoms with van der Waals surface area (Å²) in [5.41, 5.74) is 3.08. The largest absolute Gasteiger partial charge is 0.496 e. The number of benzene rings is 2. The van der Waals surface area contributed by atoms with Crippen LogP contribution in [0, 0.1) is 10.5 Å². The molecule has 0 radical (unpaired) electrons. The van der Waals surface area contributed by atoms with Gasteiger partial charge in [0.25, 0.3) is 0 Å². The molecule has 1 atom stereocenters. The smallest absolute Gasteiger partial charge is 0.122 e. The van der Waals surface area contributed by atoms with Gasteiger partial charge in [0.05, 0.1) is 13.2 Å². The fraction of sp³-hybridized carbons (Fsp3) is 0.250. The molecule has 1 N–H and O–H groups in total. The molecule has 0 aromatic heterocycles. The maximum absolute atomic E-state index is 10.5. The molecule has 1 unspecified atom stereocenters. The van der Waals surface area contributed by atoms with E-state index in [1.807, 2.05) is 37.3 Å². The number of aryl methyl sites for hydroxylation is 1. The molecular formula is C16H16BrIO2. The van der Waals surface area contributed by atoms with Crippen molar-refractivity contribution in [2.75, 3.05) is 7.11 Å². The predicted molar refractivity (Wildman–Crippen MR) is 93.3 cm³/mol. The van der Waals surface area contributed by atoms with E-state index in [1.54, 1.807) is 7.11 Å². The van der Waals surface area contributed by atoms with Gasteiger partial charge in [-0.25, -0.2) is 0 Å². The molecule has 4 heteroatoms. The maximum Gasteiger partial charge on any atom is 0.122 e. The van der Waals surface area contributed by atoms with Crippen molar-refractivity contribution < 1.29 is 9.84 Å². The van der Waals surface area contributed by atoms with Gasteiger partial charge in [0.1, 0.15) is 5.75 Å². The molecular weight excluding hydrogens is 431 g/mol. The summed E-state index contributed by atoms with van der Waals surface area (Å²) in [4.78, 5) is 0. The van der Waals surface area contributed by atoms with Gasteiger partial charge in [-0.15, -0.1) is 0 Å². The van der Waals surface area contributed by atoms with Crippen molar-refractivity contribution in [3.05, 3.63) is 61.1 Å². The average Bonchev–Trinajstić information content (AvgIpc) is 2.41. The van der Waals surface area contributed by atoms with Crippen LogP contribution in [-0.4, -0.2) is 12.2 Å². The molecule has 0 amide bonds. The molecule has 2 nitrogen and oxygen atoms in total. The van der Waals surface area contributed by atoms with Crippen molar-refractivity contribution in [1.82, 2.24) is 0 Å². The molecule has 0 aliphatic rings. The zero-order valence-corrected chi connectivity index (χ0v) is 15.1. The minimum Gasteiger partial charge on any atom is -0.496 e. The fourth-order valence-electron chi connectivity index (χ4n) is 2.16. The fourth-order valence-corrected chi connectivity index (χ4v) is 3.18. The van der Waals surface area contributed by atoms with Crippen molar-refractivity contribution in [2.45, 2.75) is 19.4 Å². The van der Waals surface area contributed by atoms with Gasteiger partial charge in [-0.3, -0.25) is 0 Å². The summed E-state index contributed by atoms with van der Waals surface area (Å²) in [6, 6.07) is 12.0. The Morgan fingerprint density at radius 3 is 2.70 bits per heavy atom. The first kappa shape index (κ1) is 15.8. The van der Waals surface area contributed by atoms with E-state index in [0.29, 0.717) is 6.42 Å². The Bertz CT molecular complexity index is 613. The van der Waals surface area contributed by atoms with Crippen LogP contribution < -0.4 is 4.74 Å². The molecule has 2 rings (SSSR count). The number of rotatable bonds is 4. The number of halogens is 2. The van der Waals surface area contributed by atoms with E-state index in [-0.39, 0.29) is 0 Å². The third-order valence-corrected chi connectivity index (χ3v) is 4.56. The van der Waals surface area contributed by atoms with Gasteiger partial charge in [-0.1, -0.05) is 33.6 Å². The Morgan fingerprint density at radius 1 is 1.25 bits per heavy atom. The quantitative estimate of drug-likeness (QED) is 0.693. The highest BCUT2D eigenvalue weighted by Gasteiger charge is 2.15. The number of aliphatic hydroxyl groups excluding tert-OH is 1. The Kier molecular flexibility index (Phi) is 5.46. The zero-order valence-electron chi connectivity index (χ0n) is 11.4. The summed E-state index contributed by atoms with van der Waals surface area (Å²) < 4.78 is 7.40. The summed E-state index contributed by atoms with van der Waals surface area (Å²) in [5, 5.41) is 10.5. The van der Waals surface area contributed by atoms with Crippen LogP contribution in [0.5, 0.6) is 5.75 Å². The first-order valence-corrected chi connectivity index (χ1v) is 8.15. The Morgan fingerprint density at radius 2 is 2.00 bits per heavy atom. The van der Waals surface area contributed by atoms with E-state index in [9.17, 15) is 5.11 Å². The summed E-state index contributed by atoms with van der Waals surface area (Å²) in [6.07, 6.45) is -0.0291. The molecule has 106 valence electrons. The van der Waals surface area contributed by atoms with E-state index >= 15 is 0 Å². The molecule has 2 aromatic carbocycles. The van der Waals surface area contributed by atoms with Crippen LogP contribution in [0.3, 0.4) is 0 Å². The Hall–Kier alpha value is -0.590. The van der Waals surface area contributed by atoms with Crippen LogP contribution >= 0.6 is 38.5 Å². The van der Waals surface area contributed by atoms with Gasteiger partial charge in [0.15, 0.2) is 0 Å². The first-order chi connectivity index (χ1) is 9.51. The topological polar surface area (TPSA) is 29.5 Å². The lowest BCUT2D eigenvalue weighted by molar-refractivity contribution is 0.176. The van der Waals surface area contributed by atoms with Crippen LogP contribution in [0.2, 0.25) is 0 Å². The van der Waals surface area contributed by atoms with Crippen molar-refractivity contribution in [2.24, 2.45) is 0 Å². The number of methoxy groups -OCH3 is 1. The highest BCUT2D eigenvalue weighted by molar-refractivity contribution is 14.1. The Balaban J connectivity index is 2.29. The number of hydrogen-bond donors (Lipinski definition) is 1. The van der Waals surface area contributed by atoms with E-state index in [1.165, 1.54) is 0 Å². The SMILES string of the molecule is COc1ccc(C)cc1CC(O)c1cc(I)ccc1Br. The normalized spacial score (nSPS) is 12.2. The van der Waals surface area contributed by atoms with Crippen LogP contribution in [0.1, 0.15) is 22.8 Å². The highest BCUT2D eigenvalue weighted by Crippen LogP contribution is 2.30. The van der Waals surface area contributed by atoms with E-state index < -0.39 is 6.10 Å². The molecule has 0 fully saturated rings. The second kappa shape index (κ2) is 6.91. The van der Waals surface area contributed by atoms with Crippen LogP contribution in [0.4, 0.5) is 0 Å². The van der Waals surface area contributed by atoms with Gasteiger partial charge in [-0.05, 0) is 64.9 Å². The molecule has 0 aliphatic heterocycles. The van der Waals surface area contributed by atoms with E-state index in [2.05, 4.69) is 44.6 Å². The van der Waals surface area contributed by atoms with Gasteiger partial charge in [0.2, 0.25) is 0 Å². The average molecular weight is 447 g/mol. The zero-order chi connectivity index (χ0) is 14.7. The lowest BCUT2D eigenvalue weighted by atomic mass is 9.99. The maximum atomic E-state index is 10.5. The monoisotopic (exact) mass is 446 g/mol. The van der Waals surface area contributed by atoms with Gasteiger partial charge in [0, 0.05) is 14.5 Å². The van der Waals surface area contributed by atoms with Crippen LogP contribution in [0.15, 0.2) is 40.9 Å². The summed E-state index contributed by atoms with van der Waals surface area (Å²) in [7, 11) is 1.65. The van der Waals surface area contributed by atoms with Gasteiger partial charge in [-0.2, -0.15) is 0 Å². The number of ether oxygens (including phenoxy) is 1.